The van der Waals surface area contributed by atoms with E-state index in [0.29, 0.717) is 87.2 Å². The predicted molar refractivity (Wildman–Crippen MR) is 552 cm³/mol. The lowest BCUT2D eigenvalue weighted by Crippen LogP contribution is -2.28. The molecule has 40 heteroatoms. The summed E-state index contributed by atoms with van der Waals surface area (Å²) < 4.78 is 0. The highest BCUT2D eigenvalue weighted by atomic mass is 16.2. The van der Waals surface area contributed by atoms with Crippen molar-refractivity contribution in [3.63, 3.8) is 0 Å². The molecule has 2 aliphatic rings. The highest BCUT2D eigenvalue weighted by molar-refractivity contribution is 6.04. The molecule has 2 aliphatic carbocycles. The van der Waals surface area contributed by atoms with Crippen LogP contribution in [-0.4, -0.2) is 184 Å². The Balaban J connectivity index is 0.000000107. The molecule has 26 rings (SSSR count). The van der Waals surface area contributed by atoms with Gasteiger partial charge in [0, 0.05) is 238 Å². The first kappa shape index (κ1) is 89.9. The maximum atomic E-state index is 12.4. The van der Waals surface area contributed by atoms with Crippen molar-refractivity contribution in [2.24, 2.45) is 11.8 Å². The first-order valence-electron chi connectivity index (χ1n) is 47.2. The Morgan fingerprint density at radius 3 is 0.829 bits per heavy atom. The van der Waals surface area contributed by atoms with Gasteiger partial charge < -0.3 is 41.2 Å². The minimum atomic E-state index is -0.0350. The molecule has 40 nitrogen and oxygen atoms in total. The van der Waals surface area contributed by atoms with Crippen LogP contribution >= 0.6 is 0 Å². The van der Waals surface area contributed by atoms with Gasteiger partial charge in [-0.05, 0) is 111 Å². The zero-order valence-corrected chi connectivity index (χ0v) is 78.0. The Bertz CT molecular complexity index is 9020. The Labute approximate surface area is 826 Å². The molecule has 24 heterocycles. The van der Waals surface area contributed by atoms with Crippen LogP contribution in [0.3, 0.4) is 0 Å². The van der Waals surface area contributed by atoms with Crippen LogP contribution in [-0.2, 0) is 19.2 Å². The first-order chi connectivity index (χ1) is 71.8. The van der Waals surface area contributed by atoms with Gasteiger partial charge in [-0.3, -0.25) is 99.4 Å². The Morgan fingerprint density at radius 2 is 0.562 bits per heavy atom. The number of imidazole rings is 4. The average molecular weight is 1930 g/mol. The number of carbonyl (C=O) groups is 4. The molecule has 2 fully saturated rings. The van der Waals surface area contributed by atoms with E-state index in [-0.39, 0.29) is 35.5 Å². The SMILES string of the molecule is CCCC(=O)Nc1cncc(-c2cnc3n[nH]c(-c4nc5c(-c6cccnc6)cncc5[nH]4)c3c2)c1.CCCCC(=O)Nc1cncc(-c2cnc3n[nH]c(-c4nc5c(-c6cccnc6)cncc5[nH]4)c3c2)c1.O=C(Nc1cncc(-c2cnc3n[nH]c(-c4nc5c(-c6cccnc6)cncc5[nH]4)c3c2)c1)C1CC1.O=C(Nc1cncc(-c2cnc3n[nH]c(-c4nc5c(-c6cccnc6)cncc5[nH]4)c3c2)c1)C1CCC1. The number of fused-ring (bicyclic) bond motifs is 8. The van der Waals surface area contributed by atoms with E-state index in [4.69, 9.17) is 19.9 Å². The van der Waals surface area contributed by atoms with Gasteiger partial charge in [0.05, 0.1) is 116 Å². The number of anilines is 4. The smallest absolute Gasteiger partial charge is 0.227 e. The minimum absolute atomic E-state index is 0.0171. The second kappa shape index (κ2) is 39.7. The third-order valence-corrected chi connectivity index (χ3v) is 25.1. The number of unbranched alkanes of at least 4 members (excludes halogenated alkanes) is 1. The summed E-state index contributed by atoms with van der Waals surface area (Å²) >= 11 is 0. The van der Waals surface area contributed by atoms with Crippen LogP contribution in [0.2, 0.25) is 0 Å². The predicted octanol–water partition coefficient (Wildman–Crippen LogP) is 19.0. The number of H-pyrrole nitrogens is 8. The van der Waals surface area contributed by atoms with E-state index >= 15 is 0 Å². The van der Waals surface area contributed by atoms with Crippen molar-refractivity contribution >= 4 is 135 Å². The number of nitrogens with one attached hydrogen (secondary N) is 12. The average Bonchev–Trinajstić information content (AvgIpc) is 1.63. The second-order valence-corrected chi connectivity index (χ2v) is 35.1. The quantitative estimate of drug-likeness (QED) is 0.0283. The highest BCUT2D eigenvalue weighted by Gasteiger charge is 2.31. The van der Waals surface area contributed by atoms with Crippen molar-refractivity contribution in [3.05, 3.63) is 271 Å². The molecule has 712 valence electrons. The standard InChI is InChI=1S/C27H21N9O.C27H23N9O.C26H19N9O.C26H21N9O/c37-27(15-3-1-4-15)32-19-7-17(10-29-12-19)18-8-20-24(35-36-25(20)31-11-18)26-33-22-14-30-13-21(23(22)34-26)16-5-2-6-28-9-16;1-2-3-6-23(37)32-19-8-17(11-29-13-19)18-9-20-25(35-36-26(20)31-12-18)27-33-22-15-30-14-21(24(22)34-27)16-5-4-7-28-10-16;36-26(14-3-4-14)31-18-6-16(9-28-11-18)17-7-19-23(34-35-24(19)30-10-17)25-32-21-13-29-12-20(22(21)33-25)15-2-1-5-27-8-15;1-2-4-22(36)31-18-7-16(10-28-12-18)17-8-19-24(34-35-25(19)30-11-17)26-32-21-14-29-13-20(23(21)33-26)15-5-3-6-27-9-15/h2,5-15H,1,3-4H2,(H,32,37)(H,33,34)(H,31,35,36);4-5,7-15H,2-3,6H2,1H3,(H,32,37)(H,33,34)(H,31,35,36);1-2,5-14H,3-4H2,(H,31,36)(H,32,33)(H,30,34,35);3,5-14H,2,4H2,1H3,(H,31,36)(H,32,33)(H,30,34,35). The van der Waals surface area contributed by atoms with Gasteiger partial charge in [-0.25, -0.2) is 39.9 Å². The molecule has 0 bridgehead atoms. The van der Waals surface area contributed by atoms with Crippen LogP contribution in [0.4, 0.5) is 22.7 Å². The van der Waals surface area contributed by atoms with Crippen LogP contribution in [0, 0.1) is 11.8 Å². The van der Waals surface area contributed by atoms with Gasteiger partial charge in [-0.1, -0.05) is 51.0 Å². The molecule has 0 aromatic carbocycles. The monoisotopic (exact) mass is 1920 g/mol. The van der Waals surface area contributed by atoms with Gasteiger partial charge in [0.1, 0.15) is 44.8 Å². The summed E-state index contributed by atoms with van der Waals surface area (Å²) in [5, 5.41) is 44.8. The number of aromatic amines is 8. The summed E-state index contributed by atoms with van der Waals surface area (Å²) in [7, 11) is 0. The molecule has 0 atom stereocenters. The number of rotatable bonds is 23. The topological polar surface area (TPSA) is 552 Å². The van der Waals surface area contributed by atoms with Crippen molar-refractivity contribution < 1.29 is 19.2 Å². The van der Waals surface area contributed by atoms with E-state index in [1.54, 1.807) is 174 Å². The maximum absolute atomic E-state index is 12.4. The molecule has 12 N–H and O–H groups in total. The van der Waals surface area contributed by atoms with Gasteiger partial charge in [0.15, 0.2) is 45.9 Å². The normalized spacial score (nSPS) is 12.4. The van der Waals surface area contributed by atoms with Crippen LogP contribution in [0.1, 0.15) is 78.1 Å². The van der Waals surface area contributed by atoms with Crippen molar-refractivity contribution in [3.8, 4) is 135 Å². The summed E-state index contributed by atoms with van der Waals surface area (Å²) in [5.41, 5.74) is 28.3. The van der Waals surface area contributed by atoms with E-state index in [1.807, 2.05) is 104 Å². The molecule has 0 unspecified atom stereocenters. The molecule has 0 saturated heterocycles. The van der Waals surface area contributed by atoms with E-state index in [9.17, 15) is 19.2 Å². The number of amides is 4. The van der Waals surface area contributed by atoms with Crippen LogP contribution < -0.4 is 21.3 Å². The Kier molecular flexibility index (Phi) is 24.5. The number of nitrogens with zero attached hydrogens (tertiary/aromatic N) is 24. The van der Waals surface area contributed by atoms with Crippen LogP contribution in [0.5, 0.6) is 0 Å². The molecule has 4 amide bonds. The number of pyridine rings is 16. The van der Waals surface area contributed by atoms with Gasteiger partial charge in [0.25, 0.3) is 0 Å². The van der Waals surface area contributed by atoms with Crippen molar-refractivity contribution in [2.75, 3.05) is 21.3 Å². The molecule has 146 heavy (non-hydrogen) atoms. The minimum Gasteiger partial charge on any atom is -0.335 e. The fraction of sp³-hybridized carbons (Fsp3) is 0.132. The largest absolute Gasteiger partial charge is 0.335 e. The molecule has 24 aromatic heterocycles. The third-order valence-electron chi connectivity index (χ3n) is 25.1. The molecule has 0 spiro atoms. The van der Waals surface area contributed by atoms with Gasteiger partial charge in [0.2, 0.25) is 23.6 Å². The number of hydrogen-bond acceptors (Lipinski definition) is 28. The second-order valence-electron chi connectivity index (χ2n) is 35.1. The molecular formula is C106H84N36O4. The molecule has 0 radical (unpaired) electrons. The molecule has 0 aliphatic heterocycles. The zero-order chi connectivity index (χ0) is 98.5. The lowest BCUT2D eigenvalue weighted by atomic mass is 9.85. The van der Waals surface area contributed by atoms with Crippen molar-refractivity contribution in [1.82, 2.24) is 160 Å². The lowest BCUT2D eigenvalue weighted by molar-refractivity contribution is -0.122. The third kappa shape index (κ3) is 18.8. The number of hydrogen-bond donors (Lipinski definition) is 12. The van der Waals surface area contributed by atoms with Crippen molar-refractivity contribution in [2.45, 2.75) is 78.1 Å². The highest BCUT2D eigenvalue weighted by Crippen LogP contribution is 2.41. The fourth-order valence-corrected chi connectivity index (χ4v) is 17.3. The van der Waals surface area contributed by atoms with E-state index in [0.717, 1.165) is 223 Å². The summed E-state index contributed by atoms with van der Waals surface area (Å²) in [6.45, 7) is 4.03. The molecular weight excluding hydrogens is 1840 g/mol. The van der Waals surface area contributed by atoms with E-state index in [1.165, 1.54) is 0 Å². The Morgan fingerprint density at radius 1 is 0.288 bits per heavy atom. The number of carbonyl (C=O) groups excluding carboxylic acids is 4. The fourth-order valence-electron chi connectivity index (χ4n) is 17.3. The molecule has 2 saturated carbocycles. The Hall–Kier alpha value is -20.0. The van der Waals surface area contributed by atoms with Gasteiger partial charge >= 0.3 is 0 Å². The van der Waals surface area contributed by atoms with Crippen molar-refractivity contribution in [1.29, 1.82) is 0 Å². The summed E-state index contributed by atoms with van der Waals surface area (Å²) in [6.07, 6.45) is 57.3. The van der Waals surface area contributed by atoms with Crippen LogP contribution in [0.15, 0.2) is 271 Å². The first-order valence-corrected chi connectivity index (χ1v) is 47.2. The summed E-state index contributed by atoms with van der Waals surface area (Å²) in [6, 6.07) is 31.1. The summed E-state index contributed by atoms with van der Waals surface area (Å²) in [5.74, 6) is 2.80. The maximum Gasteiger partial charge on any atom is 0.227 e. The van der Waals surface area contributed by atoms with Gasteiger partial charge in [-0.15, -0.1) is 0 Å². The lowest BCUT2D eigenvalue weighted by Gasteiger charge is -2.24. The van der Waals surface area contributed by atoms with Crippen LogP contribution in [0.25, 0.3) is 223 Å². The zero-order valence-electron chi connectivity index (χ0n) is 78.0. The van der Waals surface area contributed by atoms with E-state index < -0.39 is 0 Å². The van der Waals surface area contributed by atoms with E-state index in [2.05, 4.69) is 169 Å². The summed E-state index contributed by atoms with van der Waals surface area (Å²) in [4.78, 5) is 151. The molecule has 24 aromatic rings. The number of aromatic nitrogens is 32. The van der Waals surface area contributed by atoms with Gasteiger partial charge in [-0.2, -0.15) is 20.4 Å².